The van der Waals surface area contributed by atoms with E-state index in [4.69, 9.17) is 23.2 Å². The maximum Gasteiger partial charge on any atom is 0.273 e. The average Bonchev–Trinajstić information content (AvgIpc) is 3.03. The van der Waals surface area contributed by atoms with Crippen LogP contribution in [0.3, 0.4) is 0 Å². The number of hydrogen-bond acceptors (Lipinski definition) is 4. The summed E-state index contributed by atoms with van der Waals surface area (Å²) in [7, 11) is 0. The molecule has 2 aliphatic rings. The molecule has 4 rings (SSSR count). The fraction of sp³-hybridized carbons (Fsp3) is 0.333. The quantitative estimate of drug-likeness (QED) is 0.367. The lowest BCUT2D eigenvalue weighted by Crippen LogP contribution is -2.52. The number of carbonyl (C=O) groups is 4. The molecule has 9 heteroatoms. The van der Waals surface area contributed by atoms with Crippen LogP contribution < -0.4 is 0 Å². The third kappa shape index (κ3) is 4.72. The minimum absolute atomic E-state index is 0.122. The maximum absolute atomic E-state index is 13.5. The summed E-state index contributed by atoms with van der Waals surface area (Å²) < 4.78 is 0.797. The van der Waals surface area contributed by atoms with Gasteiger partial charge in [0.15, 0.2) is 5.78 Å². The van der Waals surface area contributed by atoms with Gasteiger partial charge < -0.3 is 0 Å². The molecule has 1 aliphatic heterocycles. The number of ketones is 1. The lowest BCUT2D eigenvalue weighted by Gasteiger charge is -2.30. The summed E-state index contributed by atoms with van der Waals surface area (Å²) in [6.45, 7) is 1.58. The van der Waals surface area contributed by atoms with Crippen LogP contribution in [0.25, 0.3) is 0 Å². The van der Waals surface area contributed by atoms with Crippen molar-refractivity contribution >= 4 is 62.6 Å². The van der Waals surface area contributed by atoms with Gasteiger partial charge in [-0.3, -0.25) is 19.2 Å². The number of hydrogen-bond donors (Lipinski definition) is 0. The summed E-state index contributed by atoms with van der Waals surface area (Å²) >= 11 is 15.4. The molecule has 33 heavy (non-hydrogen) atoms. The zero-order chi connectivity index (χ0) is 23.9. The molecule has 2 aromatic rings. The van der Waals surface area contributed by atoms with Gasteiger partial charge in [-0.05, 0) is 55.5 Å². The molecule has 2 fully saturated rings. The van der Waals surface area contributed by atoms with Crippen LogP contribution in [0.4, 0.5) is 0 Å². The molecule has 0 bridgehead atoms. The van der Waals surface area contributed by atoms with Crippen molar-refractivity contribution in [2.45, 2.75) is 26.2 Å². The zero-order valence-corrected chi connectivity index (χ0v) is 20.9. The van der Waals surface area contributed by atoms with Crippen LogP contribution in [-0.2, 0) is 9.59 Å². The van der Waals surface area contributed by atoms with Crippen LogP contribution in [0.2, 0.25) is 10.0 Å². The van der Waals surface area contributed by atoms with Crippen molar-refractivity contribution in [2.75, 3.05) is 6.54 Å². The summed E-state index contributed by atoms with van der Waals surface area (Å²) in [6, 6.07) is 10.9. The first-order valence-corrected chi connectivity index (χ1v) is 12.2. The number of benzene rings is 2. The molecular weight excluding hydrogens is 531 g/mol. The Morgan fingerprint density at radius 1 is 0.970 bits per heavy atom. The number of halogens is 3. The van der Waals surface area contributed by atoms with Crippen molar-refractivity contribution in [3.63, 3.8) is 0 Å². The summed E-state index contributed by atoms with van der Waals surface area (Å²) in [5, 5.41) is 2.26. The van der Waals surface area contributed by atoms with Crippen molar-refractivity contribution in [2.24, 2.45) is 17.8 Å². The molecule has 3 atom stereocenters. The SMILES string of the molecule is C[C@@H]1CC[C@H]2C(=O)N(N(CC(=O)c3ccc(Br)cc3)C(=O)c3ccc(Cl)c(Cl)c3)C(=O)[C@@H]2C1. The van der Waals surface area contributed by atoms with Gasteiger partial charge in [0.1, 0.15) is 6.54 Å². The minimum atomic E-state index is -0.674. The zero-order valence-electron chi connectivity index (χ0n) is 17.8. The first kappa shape index (κ1) is 23.9. The smallest absolute Gasteiger partial charge is 0.273 e. The molecule has 0 unspecified atom stereocenters. The Bertz CT molecular complexity index is 1140. The standard InChI is InChI=1S/C24H21BrCl2N2O4/c1-13-2-8-17-18(10-13)24(33)29(23(17)32)28(12-21(30)14-3-6-16(25)7-4-14)22(31)15-5-9-19(26)20(27)11-15/h3-7,9,11,13,17-18H,2,8,10,12H2,1H3/t13-,17-,18-/m1/s1. The van der Waals surface area contributed by atoms with Crippen LogP contribution in [0.15, 0.2) is 46.9 Å². The molecule has 6 nitrogen and oxygen atoms in total. The molecule has 3 amide bonds. The number of fused-ring (bicyclic) bond motifs is 1. The third-order valence-corrected chi connectivity index (χ3v) is 7.53. The second-order valence-electron chi connectivity index (χ2n) is 8.54. The fourth-order valence-electron chi connectivity index (χ4n) is 4.48. The van der Waals surface area contributed by atoms with Gasteiger partial charge in [-0.25, -0.2) is 5.01 Å². The van der Waals surface area contributed by atoms with E-state index in [2.05, 4.69) is 15.9 Å². The highest BCUT2D eigenvalue weighted by molar-refractivity contribution is 9.10. The molecule has 2 aromatic carbocycles. The van der Waals surface area contributed by atoms with E-state index in [-0.39, 0.29) is 15.6 Å². The Morgan fingerprint density at radius 3 is 2.27 bits per heavy atom. The van der Waals surface area contributed by atoms with Gasteiger partial charge in [-0.15, -0.1) is 0 Å². The molecule has 0 aromatic heterocycles. The van der Waals surface area contributed by atoms with Crippen molar-refractivity contribution in [1.29, 1.82) is 0 Å². The Kier molecular flexibility index (Phi) is 6.93. The highest BCUT2D eigenvalue weighted by Crippen LogP contribution is 2.41. The molecule has 172 valence electrons. The van der Waals surface area contributed by atoms with E-state index in [1.54, 1.807) is 24.3 Å². The summed E-state index contributed by atoms with van der Waals surface area (Å²) in [5.74, 6) is -2.59. The fourth-order valence-corrected chi connectivity index (χ4v) is 5.05. The lowest BCUT2D eigenvalue weighted by atomic mass is 9.76. The van der Waals surface area contributed by atoms with Crippen molar-refractivity contribution < 1.29 is 19.2 Å². The number of hydrazine groups is 1. The number of carbonyl (C=O) groups excluding carboxylic acids is 4. The molecule has 0 spiro atoms. The monoisotopic (exact) mass is 550 g/mol. The number of imide groups is 1. The largest absolute Gasteiger partial charge is 0.292 e. The molecule has 0 N–H and O–H groups in total. The predicted molar refractivity (Wildman–Crippen MR) is 128 cm³/mol. The van der Waals surface area contributed by atoms with Crippen LogP contribution in [0.1, 0.15) is 46.9 Å². The van der Waals surface area contributed by atoms with Crippen LogP contribution in [0, 0.1) is 17.8 Å². The van der Waals surface area contributed by atoms with Gasteiger partial charge in [0.2, 0.25) is 0 Å². The van der Waals surface area contributed by atoms with Gasteiger partial charge in [-0.2, -0.15) is 5.01 Å². The second-order valence-corrected chi connectivity index (χ2v) is 10.3. The lowest BCUT2D eigenvalue weighted by molar-refractivity contribution is -0.154. The summed E-state index contributed by atoms with van der Waals surface area (Å²) in [4.78, 5) is 53.1. The van der Waals surface area contributed by atoms with Crippen LogP contribution in [0.5, 0.6) is 0 Å². The number of rotatable bonds is 5. The molecule has 1 heterocycles. The Labute approximate surface area is 209 Å². The van der Waals surface area contributed by atoms with Crippen LogP contribution in [-0.4, -0.2) is 40.1 Å². The van der Waals surface area contributed by atoms with E-state index < -0.39 is 41.9 Å². The van der Waals surface area contributed by atoms with Gasteiger partial charge >= 0.3 is 0 Å². The normalized spacial score (nSPS) is 22.3. The number of nitrogens with zero attached hydrogens (tertiary/aromatic N) is 2. The third-order valence-electron chi connectivity index (χ3n) is 6.27. The topological polar surface area (TPSA) is 74.8 Å². The van der Waals surface area contributed by atoms with E-state index in [1.165, 1.54) is 18.2 Å². The Balaban J connectivity index is 1.70. The number of amides is 3. The molecule has 1 saturated heterocycles. The van der Waals surface area contributed by atoms with E-state index >= 15 is 0 Å². The molecule has 0 radical (unpaired) electrons. The highest BCUT2D eigenvalue weighted by Gasteiger charge is 2.52. The van der Waals surface area contributed by atoms with Gasteiger partial charge in [0.25, 0.3) is 17.7 Å². The first-order chi connectivity index (χ1) is 15.7. The minimum Gasteiger partial charge on any atom is -0.292 e. The highest BCUT2D eigenvalue weighted by atomic mass is 79.9. The predicted octanol–water partition coefficient (Wildman–Crippen LogP) is 5.42. The van der Waals surface area contributed by atoms with E-state index in [0.29, 0.717) is 24.3 Å². The molecule has 1 aliphatic carbocycles. The van der Waals surface area contributed by atoms with Gasteiger partial charge in [0.05, 0.1) is 21.9 Å². The average molecular weight is 552 g/mol. The Hall–Kier alpha value is -2.22. The Morgan fingerprint density at radius 2 is 1.61 bits per heavy atom. The molecule has 1 saturated carbocycles. The van der Waals surface area contributed by atoms with E-state index in [9.17, 15) is 19.2 Å². The second kappa shape index (κ2) is 9.57. The number of Topliss-reactive ketones (excluding diaryl/α,β-unsaturated/α-hetero) is 1. The van der Waals surface area contributed by atoms with Crippen LogP contribution >= 0.6 is 39.1 Å². The summed E-state index contributed by atoms with van der Waals surface area (Å²) in [6.07, 6.45) is 2.01. The summed E-state index contributed by atoms with van der Waals surface area (Å²) in [5.41, 5.74) is 0.479. The van der Waals surface area contributed by atoms with Crippen molar-refractivity contribution in [3.8, 4) is 0 Å². The maximum atomic E-state index is 13.5. The van der Waals surface area contributed by atoms with E-state index in [1.807, 2.05) is 6.92 Å². The van der Waals surface area contributed by atoms with Crippen molar-refractivity contribution in [3.05, 3.63) is 68.1 Å². The van der Waals surface area contributed by atoms with E-state index in [0.717, 1.165) is 20.9 Å². The van der Waals surface area contributed by atoms with Crippen molar-refractivity contribution in [1.82, 2.24) is 10.0 Å². The van der Waals surface area contributed by atoms with Gasteiger partial charge in [0, 0.05) is 15.6 Å². The molecular formula is C24H21BrCl2N2O4. The van der Waals surface area contributed by atoms with Gasteiger partial charge in [-0.1, -0.05) is 58.2 Å². The first-order valence-electron chi connectivity index (χ1n) is 10.6.